The number of pyridine rings is 1. The first-order valence-corrected chi connectivity index (χ1v) is 13.2. The molecule has 0 amide bonds. The monoisotopic (exact) mass is 497 g/mol. The zero-order valence-electron chi connectivity index (χ0n) is 20.9. The second-order valence-corrected chi connectivity index (χ2v) is 10.1. The Labute approximate surface area is 224 Å². The van der Waals surface area contributed by atoms with Gasteiger partial charge >= 0.3 is 5.95 Å². The maximum absolute atomic E-state index is 5.30. The van der Waals surface area contributed by atoms with E-state index in [4.69, 9.17) is 9.97 Å². The molecule has 9 rings (SSSR count). The third kappa shape index (κ3) is 2.75. The van der Waals surface area contributed by atoms with E-state index in [0.29, 0.717) is 0 Å². The summed E-state index contributed by atoms with van der Waals surface area (Å²) in [5.41, 5.74) is 10.2. The number of nitrogens with zero attached hydrogens (tertiary/aromatic N) is 4. The standard InChI is InChI=1S/C35H21N4/c1-2-10-23(11-3-1)38-21-22-9-4-5-15-28(22)37-35(38)39-30-17-7-13-25-24-12-6-16-29-32(24)27(19-20-36-29)26-14-8-18-31(39)34(26)33(25)30/h1-21H/q+1. The van der Waals surface area contributed by atoms with Crippen molar-refractivity contribution >= 4 is 43.6 Å². The molecule has 4 heteroatoms. The molecular weight excluding hydrogens is 476 g/mol. The summed E-state index contributed by atoms with van der Waals surface area (Å²) >= 11 is 0. The highest BCUT2D eigenvalue weighted by molar-refractivity contribution is 6.26. The molecule has 5 aromatic carbocycles. The number of hydrogen-bond acceptors (Lipinski definition) is 2. The van der Waals surface area contributed by atoms with Gasteiger partial charge < -0.3 is 0 Å². The fraction of sp³-hybridized carbons (Fsp3) is 0. The number of hydrogen-bond donors (Lipinski definition) is 0. The molecule has 0 aliphatic heterocycles. The van der Waals surface area contributed by atoms with Crippen molar-refractivity contribution < 1.29 is 4.57 Å². The molecule has 1 aliphatic rings. The third-order valence-electron chi connectivity index (χ3n) is 8.04. The van der Waals surface area contributed by atoms with Crippen LogP contribution in [0.1, 0.15) is 0 Å². The fourth-order valence-corrected chi connectivity index (χ4v) is 6.42. The van der Waals surface area contributed by atoms with Gasteiger partial charge in [-0.1, -0.05) is 71.7 Å². The van der Waals surface area contributed by atoms with E-state index in [2.05, 4.69) is 131 Å². The lowest BCUT2D eigenvalue weighted by Gasteiger charge is -2.12. The maximum atomic E-state index is 5.30. The first-order chi connectivity index (χ1) is 19.4. The van der Waals surface area contributed by atoms with Crippen LogP contribution in [0.15, 0.2) is 128 Å². The number of benzene rings is 5. The Balaban J connectivity index is 1.50. The predicted molar refractivity (Wildman–Crippen MR) is 157 cm³/mol. The molecule has 0 saturated heterocycles. The van der Waals surface area contributed by atoms with E-state index in [9.17, 15) is 0 Å². The van der Waals surface area contributed by atoms with Crippen molar-refractivity contribution in [3.05, 3.63) is 128 Å². The zero-order chi connectivity index (χ0) is 25.5. The highest BCUT2D eigenvalue weighted by Crippen LogP contribution is 2.48. The molecule has 0 spiro atoms. The Morgan fingerprint density at radius 1 is 0.513 bits per heavy atom. The second kappa shape index (κ2) is 7.59. The normalized spacial score (nSPS) is 12.1. The lowest BCUT2D eigenvalue weighted by molar-refractivity contribution is -0.591. The highest BCUT2D eigenvalue weighted by atomic mass is 15.2. The summed E-state index contributed by atoms with van der Waals surface area (Å²) in [4.78, 5) is 10.0. The quantitative estimate of drug-likeness (QED) is 0.228. The van der Waals surface area contributed by atoms with Gasteiger partial charge in [0.05, 0.1) is 11.7 Å². The second-order valence-electron chi connectivity index (χ2n) is 10.1. The van der Waals surface area contributed by atoms with Crippen LogP contribution in [0.25, 0.3) is 77.5 Å². The van der Waals surface area contributed by atoms with Gasteiger partial charge in [0.2, 0.25) is 0 Å². The van der Waals surface area contributed by atoms with Gasteiger partial charge in [-0.2, -0.15) is 4.57 Å². The van der Waals surface area contributed by atoms with E-state index in [1.54, 1.807) is 0 Å². The van der Waals surface area contributed by atoms with Crippen LogP contribution < -0.4 is 4.57 Å². The van der Waals surface area contributed by atoms with E-state index in [1.807, 2.05) is 6.20 Å². The van der Waals surface area contributed by atoms with Gasteiger partial charge in [-0.25, -0.2) is 4.57 Å². The van der Waals surface area contributed by atoms with Crippen molar-refractivity contribution in [3.8, 4) is 33.9 Å². The third-order valence-corrected chi connectivity index (χ3v) is 8.04. The first-order valence-electron chi connectivity index (χ1n) is 13.2. The Morgan fingerprint density at radius 2 is 1.13 bits per heavy atom. The average molecular weight is 498 g/mol. The molecule has 3 heterocycles. The highest BCUT2D eigenvalue weighted by Gasteiger charge is 2.30. The van der Waals surface area contributed by atoms with E-state index < -0.39 is 0 Å². The number of fused-ring (bicyclic) bond motifs is 3. The van der Waals surface area contributed by atoms with Crippen molar-refractivity contribution in [2.24, 2.45) is 0 Å². The minimum absolute atomic E-state index is 0.864. The lowest BCUT2D eigenvalue weighted by Crippen LogP contribution is -2.37. The predicted octanol–water partition coefficient (Wildman–Crippen LogP) is 7.80. The van der Waals surface area contributed by atoms with Gasteiger partial charge in [0.1, 0.15) is 16.7 Å². The summed E-state index contributed by atoms with van der Waals surface area (Å²) in [5, 5.41) is 4.81. The van der Waals surface area contributed by atoms with E-state index in [-0.39, 0.29) is 0 Å². The molecule has 0 saturated carbocycles. The number of para-hydroxylation sites is 2. The zero-order valence-corrected chi connectivity index (χ0v) is 20.9. The van der Waals surface area contributed by atoms with E-state index in [0.717, 1.165) is 39.1 Å². The minimum Gasteiger partial charge on any atom is -0.256 e. The summed E-state index contributed by atoms with van der Waals surface area (Å²) in [5.74, 6) is 0.864. The molecule has 4 nitrogen and oxygen atoms in total. The number of rotatable bonds is 2. The number of aromatic nitrogens is 4. The van der Waals surface area contributed by atoms with Gasteiger partial charge in [0, 0.05) is 27.7 Å². The van der Waals surface area contributed by atoms with Gasteiger partial charge in [-0.15, -0.1) is 0 Å². The molecule has 0 fully saturated rings. The SMILES string of the molecule is c1ccc(-[n+]2cc3ccccc3nc2-n2c3cccc4c3c3c(cccc32)-c2ccnc3cccc-4c23)cc1. The Bertz CT molecular complexity index is 2180. The van der Waals surface area contributed by atoms with Crippen LogP contribution in [0.5, 0.6) is 0 Å². The van der Waals surface area contributed by atoms with Crippen LogP contribution in [-0.4, -0.2) is 14.5 Å². The van der Waals surface area contributed by atoms with Crippen molar-refractivity contribution in [2.45, 2.75) is 0 Å². The van der Waals surface area contributed by atoms with Crippen molar-refractivity contribution in [1.82, 2.24) is 14.5 Å². The largest absolute Gasteiger partial charge is 0.409 e. The summed E-state index contributed by atoms with van der Waals surface area (Å²) in [6, 6.07) is 40.7. The molecule has 3 aromatic heterocycles. The van der Waals surface area contributed by atoms with Gasteiger partial charge in [0.25, 0.3) is 0 Å². The van der Waals surface area contributed by atoms with Crippen LogP contribution in [0, 0.1) is 0 Å². The molecule has 0 N–H and O–H groups in total. The molecule has 8 aromatic rings. The van der Waals surface area contributed by atoms with E-state index >= 15 is 0 Å². The summed E-state index contributed by atoms with van der Waals surface area (Å²) in [6.07, 6.45) is 4.13. The van der Waals surface area contributed by atoms with Crippen LogP contribution >= 0.6 is 0 Å². The Hall–Kier alpha value is -5.35. The van der Waals surface area contributed by atoms with Crippen molar-refractivity contribution in [2.75, 3.05) is 0 Å². The summed E-state index contributed by atoms with van der Waals surface area (Å²) in [7, 11) is 0. The van der Waals surface area contributed by atoms with Crippen LogP contribution in [0.4, 0.5) is 0 Å². The van der Waals surface area contributed by atoms with Crippen LogP contribution in [0.3, 0.4) is 0 Å². The van der Waals surface area contributed by atoms with Crippen LogP contribution in [-0.2, 0) is 0 Å². The molecule has 0 radical (unpaired) electrons. The van der Waals surface area contributed by atoms with Gasteiger partial charge in [-0.3, -0.25) is 4.98 Å². The Kier molecular flexibility index (Phi) is 4.02. The minimum atomic E-state index is 0.864. The molecule has 0 atom stereocenters. The van der Waals surface area contributed by atoms with Gasteiger partial charge in [-0.05, 0) is 70.8 Å². The average Bonchev–Trinajstić information content (AvgIpc) is 3.28. The van der Waals surface area contributed by atoms with E-state index in [1.165, 1.54) is 38.4 Å². The summed E-state index contributed by atoms with van der Waals surface area (Å²) < 4.78 is 4.55. The molecule has 180 valence electrons. The summed E-state index contributed by atoms with van der Waals surface area (Å²) in [6.45, 7) is 0. The smallest absolute Gasteiger partial charge is 0.256 e. The fourth-order valence-electron chi connectivity index (χ4n) is 6.42. The molecule has 0 unspecified atom stereocenters. The van der Waals surface area contributed by atoms with Crippen molar-refractivity contribution in [1.29, 1.82) is 0 Å². The molecular formula is C35H21N4+. The van der Waals surface area contributed by atoms with Gasteiger partial charge in [0.15, 0.2) is 5.52 Å². The van der Waals surface area contributed by atoms with Crippen molar-refractivity contribution in [3.63, 3.8) is 0 Å². The molecule has 1 aliphatic carbocycles. The molecule has 0 bridgehead atoms. The van der Waals surface area contributed by atoms with Crippen LogP contribution in [0.2, 0.25) is 0 Å². The Morgan fingerprint density at radius 3 is 1.90 bits per heavy atom. The first kappa shape index (κ1) is 20.7. The molecule has 39 heavy (non-hydrogen) atoms. The lowest BCUT2D eigenvalue weighted by atomic mass is 9.96. The topological polar surface area (TPSA) is 34.6 Å². The maximum Gasteiger partial charge on any atom is 0.409 e.